The molecule has 4 nitrogen and oxygen atoms in total. The average Bonchev–Trinajstić information content (AvgIpc) is 3.10. The minimum absolute atomic E-state index is 0.508. The van der Waals surface area contributed by atoms with Gasteiger partial charge in [0.05, 0.1) is 17.8 Å². The number of ether oxygens (including phenoxy) is 2. The maximum absolute atomic E-state index is 5.89. The molecule has 0 aliphatic carbocycles. The van der Waals surface area contributed by atoms with Gasteiger partial charge in [0.25, 0.3) is 0 Å². The van der Waals surface area contributed by atoms with Crippen LogP contribution in [-0.4, -0.2) is 18.6 Å². The molecule has 3 aromatic rings. The number of rotatable bonds is 7. The Labute approximate surface area is 145 Å². The number of hydrogen-bond acceptors (Lipinski definition) is 5. The molecular formula is C19H20N2O2S. The van der Waals surface area contributed by atoms with E-state index in [0.29, 0.717) is 18.9 Å². The first-order valence-electron chi connectivity index (χ1n) is 7.79. The summed E-state index contributed by atoms with van der Waals surface area (Å²) in [4.78, 5) is 4.61. The van der Waals surface area contributed by atoms with Crippen LogP contribution in [0.5, 0.6) is 11.5 Å². The van der Waals surface area contributed by atoms with Gasteiger partial charge in [-0.25, -0.2) is 4.98 Å². The van der Waals surface area contributed by atoms with E-state index in [-0.39, 0.29) is 0 Å². The summed E-state index contributed by atoms with van der Waals surface area (Å²) < 4.78 is 11.4. The predicted molar refractivity (Wildman–Crippen MR) is 97.6 cm³/mol. The van der Waals surface area contributed by atoms with E-state index in [1.807, 2.05) is 53.9 Å². The molecule has 24 heavy (non-hydrogen) atoms. The molecule has 0 radical (unpaired) electrons. The molecule has 124 valence electrons. The van der Waals surface area contributed by atoms with Crippen LogP contribution < -0.4 is 15.2 Å². The van der Waals surface area contributed by atoms with Crippen molar-refractivity contribution in [2.24, 2.45) is 5.73 Å². The van der Waals surface area contributed by atoms with Crippen LogP contribution in [-0.2, 0) is 13.0 Å². The molecule has 2 aromatic carbocycles. The summed E-state index contributed by atoms with van der Waals surface area (Å²) in [5.74, 6) is 1.43. The molecule has 0 aliphatic heterocycles. The Balaban J connectivity index is 1.77. The lowest BCUT2D eigenvalue weighted by Gasteiger charge is -2.12. The van der Waals surface area contributed by atoms with Crippen LogP contribution in [0.2, 0.25) is 0 Å². The van der Waals surface area contributed by atoms with Gasteiger partial charge >= 0.3 is 0 Å². The second-order valence-corrected chi connectivity index (χ2v) is 6.25. The Bertz CT molecular complexity index is 787. The Kier molecular flexibility index (Phi) is 5.46. The van der Waals surface area contributed by atoms with Crippen molar-refractivity contribution in [1.29, 1.82) is 0 Å². The van der Waals surface area contributed by atoms with Crippen molar-refractivity contribution in [3.05, 3.63) is 64.5 Å². The first-order valence-corrected chi connectivity index (χ1v) is 8.67. The van der Waals surface area contributed by atoms with Gasteiger partial charge in [-0.3, -0.25) is 0 Å². The van der Waals surface area contributed by atoms with Gasteiger partial charge in [-0.1, -0.05) is 30.3 Å². The summed E-state index contributed by atoms with van der Waals surface area (Å²) >= 11 is 1.63. The van der Waals surface area contributed by atoms with Crippen molar-refractivity contribution in [1.82, 2.24) is 4.98 Å². The normalized spacial score (nSPS) is 10.6. The number of aromatic nitrogens is 1. The van der Waals surface area contributed by atoms with E-state index in [9.17, 15) is 0 Å². The van der Waals surface area contributed by atoms with E-state index in [1.165, 1.54) is 0 Å². The highest BCUT2D eigenvalue weighted by molar-refractivity contribution is 7.09. The van der Waals surface area contributed by atoms with Crippen LogP contribution in [0.25, 0.3) is 11.3 Å². The van der Waals surface area contributed by atoms with Gasteiger partial charge < -0.3 is 15.2 Å². The van der Waals surface area contributed by atoms with Crippen molar-refractivity contribution in [2.45, 2.75) is 13.0 Å². The van der Waals surface area contributed by atoms with Crippen molar-refractivity contribution in [3.63, 3.8) is 0 Å². The summed E-state index contributed by atoms with van der Waals surface area (Å²) in [6.45, 7) is 1.12. The summed E-state index contributed by atoms with van der Waals surface area (Å²) in [5.41, 5.74) is 8.66. The van der Waals surface area contributed by atoms with E-state index < -0.39 is 0 Å². The van der Waals surface area contributed by atoms with E-state index in [0.717, 1.165) is 34.0 Å². The van der Waals surface area contributed by atoms with Crippen molar-refractivity contribution in [3.8, 4) is 22.8 Å². The average molecular weight is 340 g/mol. The van der Waals surface area contributed by atoms with Gasteiger partial charge in [0.15, 0.2) is 11.5 Å². The first kappa shape index (κ1) is 16.5. The lowest BCUT2D eigenvalue weighted by molar-refractivity contribution is 0.284. The zero-order valence-electron chi connectivity index (χ0n) is 13.6. The molecule has 0 aliphatic rings. The summed E-state index contributed by atoms with van der Waals surface area (Å²) in [6, 6.07) is 16.0. The third kappa shape index (κ3) is 3.93. The van der Waals surface area contributed by atoms with Gasteiger partial charge in [0.2, 0.25) is 0 Å². The largest absolute Gasteiger partial charge is 0.493 e. The van der Waals surface area contributed by atoms with Gasteiger partial charge in [-0.05, 0) is 30.3 Å². The number of benzene rings is 2. The maximum atomic E-state index is 5.89. The highest BCUT2D eigenvalue weighted by Crippen LogP contribution is 2.33. The van der Waals surface area contributed by atoms with Crippen LogP contribution in [0.4, 0.5) is 0 Å². The molecular weight excluding hydrogens is 320 g/mol. The second-order valence-electron chi connectivity index (χ2n) is 5.31. The number of hydrogen-bond donors (Lipinski definition) is 1. The zero-order chi connectivity index (χ0) is 16.8. The highest BCUT2D eigenvalue weighted by atomic mass is 32.1. The smallest absolute Gasteiger partial charge is 0.161 e. The van der Waals surface area contributed by atoms with Gasteiger partial charge in [0, 0.05) is 17.4 Å². The van der Waals surface area contributed by atoms with Crippen molar-refractivity contribution < 1.29 is 9.47 Å². The SMILES string of the molecule is COc1cc(-c2csc(CCN)n2)ccc1OCc1ccccc1. The third-order valence-corrected chi connectivity index (χ3v) is 4.52. The van der Waals surface area contributed by atoms with Crippen molar-refractivity contribution >= 4 is 11.3 Å². The topological polar surface area (TPSA) is 57.4 Å². The molecule has 0 fully saturated rings. The molecule has 0 atom stereocenters. The van der Waals surface area contributed by atoms with Crippen LogP contribution in [0, 0.1) is 0 Å². The quantitative estimate of drug-likeness (QED) is 0.709. The number of thiazole rings is 1. The molecule has 1 aromatic heterocycles. The summed E-state index contributed by atoms with van der Waals surface area (Å²) in [6.07, 6.45) is 0.806. The van der Waals surface area contributed by atoms with Gasteiger partial charge in [-0.15, -0.1) is 11.3 Å². The Hall–Kier alpha value is -2.37. The highest BCUT2D eigenvalue weighted by Gasteiger charge is 2.10. The lowest BCUT2D eigenvalue weighted by Crippen LogP contribution is -2.02. The Morgan fingerprint density at radius 1 is 1.08 bits per heavy atom. The lowest BCUT2D eigenvalue weighted by atomic mass is 10.1. The number of methoxy groups -OCH3 is 1. The Morgan fingerprint density at radius 2 is 1.92 bits per heavy atom. The van der Waals surface area contributed by atoms with Crippen LogP contribution in [0.15, 0.2) is 53.9 Å². The van der Waals surface area contributed by atoms with E-state index in [1.54, 1.807) is 18.4 Å². The van der Waals surface area contributed by atoms with E-state index >= 15 is 0 Å². The van der Waals surface area contributed by atoms with Crippen LogP contribution in [0.1, 0.15) is 10.6 Å². The minimum atomic E-state index is 0.508. The number of nitrogens with zero attached hydrogens (tertiary/aromatic N) is 1. The first-order chi connectivity index (χ1) is 11.8. The molecule has 0 unspecified atom stereocenters. The van der Waals surface area contributed by atoms with Gasteiger partial charge in [0.1, 0.15) is 6.61 Å². The molecule has 0 saturated heterocycles. The fourth-order valence-electron chi connectivity index (χ4n) is 2.36. The van der Waals surface area contributed by atoms with E-state index in [4.69, 9.17) is 15.2 Å². The fraction of sp³-hybridized carbons (Fsp3) is 0.211. The fourth-order valence-corrected chi connectivity index (χ4v) is 3.19. The standard InChI is InChI=1S/C19H20N2O2S/c1-22-18-11-15(16-13-24-19(21-16)9-10-20)7-8-17(18)23-12-14-5-3-2-4-6-14/h2-8,11,13H,9-10,12,20H2,1H3. The van der Waals surface area contributed by atoms with Crippen LogP contribution in [0.3, 0.4) is 0 Å². The third-order valence-electron chi connectivity index (χ3n) is 3.61. The molecule has 2 N–H and O–H groups in total. The Morgan fingerprint density at radius 3 is 2.67 bits per heavy atom. The summed E-state index contributed by atoms with van der Waals surface area (Å²) in [7, 11) is 1.65. The molecule has 0 saturated carbocycles. The minimum Gasteiger partial charge on any atom is -0.493 e. The zero-order valence-corrected chi connectivity index (χ0v) is 14.4. The molecule has 1 heterocycles. The molecule has 0 spiro atoms. The second kappa shape index (κ2) is 7.95. The molecule has 0 amide bonds. The van der Waals surface area contributed by atoms with Gasteiger partial charge in [-0.2, -0.15) is 0 Å². The molecule has 0 bridgehead atoms. The van der Waals surface area contributed by atoms with E-state index in [2.05, 4.69) is 4.98 Å². The predicted octanol–water partition coefficient (Wildman–Crippen LogP) is 3.90. The molecule has 5 heteroatoms. The molecule has 3 rings (SSSR count). The monoisotopic (exact) mass is 340 g/mol. The van der Waals surface area contributed by atoms with Crippen molar-refractivity contribution in [2.75, 3.05) is 13.7 Å². The maximum Gasteiger partial charge on any atom is 0.161 e. The van der Waals surface area contributed by atoms with Crippen LogP contribution >= 0.6 is 11.3 Å². The summed E-state index contributed by atoms with van der Waals surface area (Å²) in [5, 5.41) is 3.10. The number of nitrogens with two attached hydrogens (primary N) is 1.